The molecule has 1 aliphatic carbocycles. The zero-order valence-electron chi connectivity index (χ0n) is 32.4. The zero-order chi connectivity index (χ0) is 40.1. The Morgan fingerprint density at radius 3 is 2.65 bits per heavy atom. The van der Waals surface area contributed by atoms with E-state index in [1.165, 1.54) is 42.1 Å². The summed E-state index contributed by atoms with van der Waals surface area (Å²) in [6, 6.07) is 11.2. The third kappa shape index (κ3) is 9.26. The van der Waals surface area contributed by atoms with E-state index in [1.54, 1.807) is 39.3 Å². The summed E-state index contributed by atoms with van der Waals surface area (Å²) in [4.78, 5) is 38.7. The maximum Gasteiger partial charge on any atom is 0.257 e. The summed E-state index contributed by atoms with van der Waals surface area (Å²) in [5, 5.41) is 6.52. The fourth-order valence-corrected chi connectivity index (χ4v) is 9.03. The number of hydrogen-bond acceptors (Lipinski definition) is 12. The summed E-state index contributed by atoms with van der Waals surface area (Å²) in [6.07, 6.45) is 13.3. The number of benzene rings is 2. The Balaban J connectivity index is 1.35. The van der Waals surface area contributed by atoms with E-state index in [9.17, 15) is 13.8 Å². The molecular formula is C41H47ClN7O7S-. The van der Waals surface area contributed by atoms with Crippen LogP contribution in [0, 0.1) is 17.8 Å². The summed E-state index contributed by atoms with van der Waals surface area (Å²) in [6.45, 7) is 3.49. The first-order valence-corrected chi connectivity index (χ1v) is 20.6. The van der Waals surface area contributed by atoms with Crippen LogP contribution in [0.4, 0.5) is 5.69 Å². The van der Waals surface area contributed by atoms with Crippen LogP contribution >= 0.6 is 11.6 Å². The lowest BCUT2D eigenvalue weighted by molar-refractivity contribution is 0.0127. The Morgan fingerprint density at radius 1 is 1.05 bits per heavy atom. The number of methoxy groups -OCH3 is 2. The Morgan fingerprint density at radius 2 is 1.89 bits per heavy atom. The highest BCUT2D eigenvalue weighted by Crippen LogP contribution is 2.42. The third-order valence-corrected chi connectivity index (χ3v) is 12.5. The molecule has 4 heterocycles. The van der Waals surface area contributed by atoms with Gasteiger partial charge in [0.05, 0.1) is 31.7 Å². The van der Waals surface area contributed by atoms with E-state index < -0.39 is 39.8 Å². The molecule has 57 heavy (non-hydrogen) atoms. The van der Waals surface area contributed by atoms with Crippen LogP contribution in [0.5, 0.6) is 17.5 Å². The summed E-state index contributed by atoms with van der Waals surface area (Å²) >= 11 is 6.49. The van der Waals surface area contributed by atoms with Crippen molar-refractivity contribution in [3.05, 3.63) is 101 Å². The van der Waals surface area contributed by atoms with Crippen molar-refractivity contribution < 1.29 is 32.7 Å². The van der Waals surface area contributed by atoms with Crippen LogP contribution < -0.4 is 24.4 Å². The molecule has 1 saturated carbocycles. The molecule has 1 fully saturated rings. The minimum absolute atomic E-state index is 0.0837. The first kappa shape index (κ1) is 40.2. The summed E-state index contributed by atoms with van der Waals surface area (Å²) < 4.78 is 44.3. The number of aromatic nitrogens is 4. The van der Waals surface area contributed by atoms with E-state index in [4.69, 9.17) is 30.5 Å². The Hall–Kier alpha value is -4.99. The van der Waals surface area contributed by atoms with E-state index >= 15 is 0 Å². The molecule has 2 aromatic heterocycles. The van der Waals surface area contributed by atoms with Gasteiger partial charge in [0.15, 0.2) is 0 Å². The molecule has 0 spiro atoms. The topological polar surface area (TPSA) is 159 Å². The molecule has 2 amide bonds. The molecule has 2 bridgehead atoms. The number of rotatable bonds is 6. The molecule has 0 radical (unpaired) electrons. The molecule has 4 aromatic rings. The summed E-state index contributed by atoms with van der Waals surface area (Å²) in [5.74, 6) is -0.721. The molecule has 302 valence electrons. The highest BCUT2D eigenvalue weighted by Gasteiger charge is 2.38. The number of amides is 2. The first-order chi connectivity index (χ1) is 27.6. The van der Waals surface area contributed by atoms with Crippen molar-refractivity contribution in [1.82, 2.24) is 25.1 Å². The van der Waals surface area contributed by atoms with Gasteiger partial charge in [-0.25, -0.2) is 4.98 Å². The number of halogens is 1. The number of nitrogens with one attached hydrogen (secondary N) is 1. The number of aryl methyl sites for hydroxylation is 2. The second-order valence-electron chi connectivity index (χ2n) is 14.6. The maximum atomic E-state index is 14.4. The average Bonchev–Trinajstić information content (AvgIpc) is 3.58. The van der Waals surface area contributed by atoms with E-state index in [0.29, 0.717) is 30.5 Å². The average molecular weight is 817 g/mol. The number of carbonyl (C=O) groups excluding carboxylic acids is 2. The standard InChI is InChI=1S/C41H47ClN7O7S/c1-25-34(56-37-21-43-16-17-44-37)14-15-35(53-3)31-12-9-29(31)23-49-22-28-8-11-30(42)19-26(28)7-5-6-18-55-36-13-10-27(20-33(36)49)38(50)47-57(52)41(25)45-39(51)32-24-48(2)46-40(32)54-4/h8,10-11,13-17,19-21,24-25,29,31,34-35,41H,5-7,9,12,18,22-23H2,1-4H3,(H,45,51)/q-1/t25-,29-,31+,34-,35-,41?/m0/s1. The van der Waals surface area contributed by atoms with E-state index in [2.05, 4.69) is 35.7 Å². The Bertz CT molecular complexity index is 2190. The Labute approximate surface area is 339 Å². The van der Waals surface area contributed by atoms with Crippen molar-refractivity contribution in [2.45, 2.75) is 63.2 Å². The van der Waals surface area contributed by atoms with Crippen molar-refractivity contribution in [1.29, 1.82) is 0 Å². The molecule has 6 atom stereocenters. The number of fused-ring (bicyclic) bond motifs is 3. The quantitative estimate of drug-likeness (QED) is 0.171. The fraction of sp³-hybridized carbons (Fsp3) is 0.439. The predicted molar refractivity (Wildman–Crippen MR) is 215 cm³/mol. The largest absolute Gasteiger partial charge is 0.491 e. The van der Waals surface area contributed by atoms with Gasteiger partial charge in [0, 0.05) is 67.7 Å². The molecule has 1 unspecified atom stereocenters. The second-order valence-corrected chi connectivity index (χ2v) is 16.3. The van der Waals surface area contributed by atoms with Gasteiger partial charge < -0.3 is 37.7 Å². The fourth-order valence-electron chi connectivity index (χ4n) is 7.72. The number of anilines is 1. The van der Waals surface area contributed by atoms with Gasteiger partial charge in [-0.1, -0.05) is 30.7 Å². The minimum Gasteiger partial charge on any atom is -0.491 e. The smallest absolute Gasteiger partial charge is 0.257 e. The van der Waals surface area contributed by atoms with Gasteiger partial charge in [0.25, 0.3) is 11.8 Å². The highest BCUT2D eigenvalue weighted by molar-refractivity contribution is 7.75. The van der Waals surface area contributed by atoms with E-state index in [1.807, 2.05) is 24.3 Å². The van der Waals surface area contributed by atoms with Gasteiger partial charge in [-0.05, 0) is 91.5 Å². The Kier molecular flexibility index (Phi) is 12.8. The summed E-state index contributed by atoms with van der Waals surface area (Å²) in [5.41, 5.74) is 3.41. The van der Waals surface area contributed by atoms with Gasteiger partial charge in [-0.15, -0.1) is 5.10 Å². The predicted octanol–water partition coefficient (Wildman–Crippen LogP) is 6.33. The SMILES string of the molecule is COc1nn(C)cc1C(=O)NC1[C@@H](C)[C@@H](Oc2cnccn2)C=C[C@H](OC)[C@@H]2CC[C@H]2CN2Cc3ccc(Cl)cc3CCCCOc3ccc(cc32)C(=O)N=[S-]1=O. The van der Waals surface area contributed by atoms with Gasteiger partial charge in [-0.3, -0.25) is 19.3 Å². The zero-order valence-corrected chi connectivity index (χ0v) is 33.9. The third-order valence-electron chi connectivity index (χ3n) is 11.0. The first-order valence-electron chi connectivity index (χ1n) is 19.1. The summed E-state index contributed by atoms with van der Waals surface area (Å²) in [7, 11) is 2.43. The van der Waals surface area contributed by atoms with Crippen LogP contribution in [0.15, 0.2) is 77.7 Å². The second kappa shape index (κ2) is 18.1. The molecular weight excluding hydrogens is 770 g/mol. The monoisotopic (exact) mass is 816 g/mol. The maximum absolute atomic E-state index is 14.4. The van der Waals surface area contributed by atoms with Crippen molar-refractivity contribution in [3.63, 3.8) is 0 Å². The minimum atomic E-state index is -2.32. The lowest BCUT2D eigenvalue weighted by atomic mass is 9.70. The van der Waals surface area contributed by atoms with E-state index in [0.717, 1.165) is 43.4 Å². The van der Waals surface area contributed by atoms with Crippen molar-refractivity contribution in [2.24, 2.45) is 29.2 Å². The van der Waals surface area contributed by atoms with Crippen LogP contribution in [-0.2, 0) is 39.6 Å². The van der Waals surface area contributed by atoms with E-state index in [-0.39, 0.29) is 40.8 Å². The molecule has 1 N–H and O–H groups in total. The normalized spacial score (nSPS) is 24.4. The molecule has 2 aromatic carbocycles. The molecule has 7 rings (SSSR count). The van der Waals surface area contributed by atoms with Crippen LogP contribution in [0.2, 0.25) is 5.02 Å². The molecule has 3 aliphatic rings. The lowest BCUT2D eigenvalue weighted by Gasteiger charge is -2.44. The lowest BCUT2D eigenvalue weighted by Crippen LogP contribution is -2.46. The number of carbonyl (C=O) groups is 2. The van der Waals surface area contributed by atoms with Crippen LogP contribution in [0.3, 0.4) is 0 Å². The van der Waals surface area contributed by atoms with Crippen LogP contribution in [-0.4, -0.2) is 76.5 Å². The van der Waals surface area contributed by atoms with Gasteiger partial charge in [-0.2, -0.15) is 10.6 Å². The number of hydrogen-bond donors (Lipinski definition) is 1. The number of ether oxygens (including phenoxy) is 4. The van der Waals surface area contributed by atoms with Gasteiger partial charge in [0.1, 0.15) is 17.4 Å². The van der Waals surface area contributed by atoms with Crippen molar-refractivity contribution in [3.8, 4) is 17.5 Å². The highest BCUT2D eigenvalue weighted by atomic mass is 35.5. The van der Waals surface area contributed by atoms with Gasteiger partial charge in [0.2, 0.25) is 11.8 Å². The molecule has 16 heteroatoms. The van der Waals surface area contributed by atoms with Crippen LogP contribution in [0.1, 0.15) is 64.4 Å². The van der Waals surface area contributed by atoms with Crippen molar-refractivity contribution >= 4 is 39.7 Å². The molecule has 0 saturated heterocycles. The van der Waals surface area contributed by atoms with Crippen molar-refractivity contribution in [2.75, 3.05) is 32.3 Å². The van der Waals surface area contributed by atoms with Gasteiger partial charge >= 0.3 is 0 Å². The van der Waals surface area contributed by atoms with Crippen LogP contribution in [0.25, 0.3) is 0 Å². The molecule has 14 nitrogen and oxygen atoms in total. The molecule has 2 aliphatic heterocycles. The number of nitrogens with zero attached hydrogens (tertiary/aromatic N) is 6.